The molecular formula is C33H41N3O2. The van der Waals surface area contributed by atoms with Crippen molar-refractivity contribution in [1.82, 2.24) is 4.90 Å². The average molecular weight is 512 g/mol. The number of rotatable bonds is 6. The third kappa shape index (κ3) is 6.51. The van der Waals surface area contributed by atoms with Gasteiger partial charge in [-0.05, 0) is 39.7 Å². The van der Waals surface area contributed by atoms with Crippen LogP contribution in [0.3, 0.4) is 0 Å². The van der Waals surface area contributed by atoms with Crippen molar-refractivity contribution in [1.29, 1.82) is 0 Å². The van der Waals surface area contributed by atoms with Crippen LogP contribution in [-0.2, 0) is 17.4 Å². The van der Waals surface area contributed by atoms with Crippen molar-refractivity contribution in [2.45, 2.75) is 71.0 Å². The summed E-state index contributed by atoms with van der Waals surface area (Å²) in [6.45, 7) is 14.9. The molecule has 4 rings (SSSR count). The molecule has 0 radical (unpaired) electrons. The summed E-state index contributed by atoms with van der Waals surface area (Å²) in [6, 6.07) is 22.0. The Bertz CT molecular complexity index is 1220. The lowest BCUT2D eigenvalue weighted by Crippen LogP contribution is -2.21. The molecule has 38 heavy (non-hydrogen) atoms. The summed E-state index contributed by atoms with van der Waals surface area (Å²) in [5, 5.41) is 21.9. The van der Waals surface area contributed by atoms with Crippen LogP contribution in [0, 0.1) is 0 Å². The highest BCUT2D eigenvalue weighted by molar-refractivity contribution is 5.85. The van der Waals surface area contributed by atoms with Crippen molar-refractivity contribution in [3.8, 4) is 11.5 Å². The summed E-state index contributed by atoms with van der Waals surface area (Å²) < 4.78 is 0. The Kier molecular flexibility index (Phi) is 8.08. The standard InChI is InChI=1S/C33H41N3O2/c1-32(2,3)26-16-10-14-24(30(26)37)18-34-28-21-36(20-23-12-8-7-9-13-23)22-29(28)35-19-25-15-11-17-27(31(25)38)33(4,5)6/h7-19,28-29,37-38H,20-22H2,1-6H3/t28-,29-/m1/s1. The van der Waals surface area contributed by atoms with E-state index in [0.717, 1.165) is 41.9 Å². The number of likely N-dealkylation sites (tertiary alicyclic amines) is 1. The van der Waals surface area contributed by atoms with Gasteiger partial charge >= 0.3 is 0 Å². The number of hydrogen-bond acceptors (Lipinski definition) is 5. The molecule has 0 saturated carbocycles. The number of phenolic OH excluding ortho intramolecular Hbond substituents is 2. The van der Waals surface area contributed by atoms with Crippen LogP contribution in [0.5, 0.6) is 11.5 Å². The molecule has 0 bridgehead atoms. The van der Waals surface area contributed by atoms with Gasteiger partial charge in [-0.15, -0.1) is 0 Å². The van der Waals surface area contributed by atoms with Gasteiger partial charge in [0.05, 0.1) is 12.1 Å². The fourth-order valence-corrected chi connectivity index (χ4v) is 5.00. The van der Waals surface area contributed by atoms with E-state index in [0.29, 0.717) is 0 Å². The first-order valence-electron chi connectivity index (χ1n) is 13.4. The van der Waals surface area contributed by atoms with E-state index in [-0.39, 0.29) is 34.4 Å². The van der Waals surface area contributed by atoms with Crippen molar-refractivity contribution in [3.05, 3.63) is 94.5 Å². The third-order valence-electron chi connectivity index (χ3n) is 7.14. The lowest BCUT2D eigenvalue weighted by Gasteiger charge is -2.21. The summed E-state index contributed by atoms with van der Waals surface area (Å²) in [5.41, 5.74) is 4.18. The van der Waals surface area contributed by atoms with Gasteiger partial charge in [-0.3, -0.25) is 14.9 Å². The van der Waals surface area contributed by atoms with Crippen LogP contribution in [0.25, 0.3) is 0 Å². The van der Waals surface area contributed by atoms with E-state index in [1.807, 2.05) is 42.5 Å². The second-order valence-electron chi connectivity index (χ2n) is 12.4. The first-order valence-corrected chi connectivity index (χ1v) is 13.4. The topological polar surface area (TPSA) is 68.4 Å². The number of benzene rings is 3. The SMILES string of the molecule is CC(C)(C)c1cccc(C=N[C@@H]2CN(Cc3ccccc3)C[C@H]2N=Cc2cccc(C(C)(C)C)c2O)c1O. The van der Waals surface area contributed by atoms with Crippen molar-refractivity contribution in [2.24, 2.45) is 9.98 Å². The minimum atomic E-state index is -0.163. The Morgan fingerprint density at radius 3 is 1.55 bits per heavy atom. The smallest absolute Gasteiger partial charge is 0.128 e. The van der Waals surface area contributed by atoms with Crippen molar-refractivity contribution in [3.63, 3.8) is 0 Å². The number of hydrogen-bond donors (Lipinski definition) is 2. The second kappa shape index (κ2) is 11.1. The molecule has 200 valence electrons. The van der Waals surface area contributed by atoms with Crippen LogP contribution in [0.15, 0.2) is 76.7 Å². The molecule has 3 aromatic carbocycles. The zero-order chi connectivity index (χ0) is 27.5. The molecule has 2 atom stereocenters. The van der Waals surface area contributed by atoms with Crippen LogP contribution >= 0.6 is 0 Å². The maximum atomic E-state index is 10.9. The molecule has 2 N–H and O–H groups in total. The summed E-state index contributed by atoms with van der Waals surface area (Å²) in [5.74, 6) is 0.568. The Morgan fingerprint density at radius 1 is 0.684 bits per heavy atom. The monoisotopic (exact) mass is 511 g/mol. The minimum Gasteiger partial charge on any atom is -0.507 e. The molecule has 1 fully saturated rings. The van der Waals surface area contributed by atoms with Gasteiger partial charge in [0.2, 0.25) is 0 Å². The zero-order valence-corrected chi connectivity index (χ0v) is 23.5. The predicted molar refractivity (Wildman–Crippen MR) is 158 cm³/mol. The Balaban J connectivity index is 1.61. The van der Waals surface area contributed by atoms with Crippen molar-refractivity contribution < 1.29 is 10.2 Å². The first kappa shape index (κ1) is 27.6. The molecule has 0 aliphatic carbocycles. The molecule has 3 aromatic rings. The molecule has 0 unspecified atom stereocenters. The van der Waals surface area contributed by atoms with Crippen LogP contribution in [-0.4, -0.2) is 52.7 Å². The molecule has 1 aliphatic rings. The number of aromatic hydroxyl groups is 2. The third-order valence-corrected chi connectivity index (χ3v) is 7.14. The summed E-state index contributed by atoms with van der Waals surface area (Å²) >= 11 is 0. The van der Waals surface area contributed by atoms with E-state index in [2.05, 4.69) is 70.7 Å². The second-order valence-corrected chi connectivity index (χ2v) is 12.4. The Labute approximate surface area is 227 Å². The van der Waals surface area contributed by atoms with Crippen LogP contribution in [0.4, 0.5) is 0 Å². The number of para-hydroxylation sites is 2. The Morgan fingerprint density at radius 2 is 1.13 bits per heavy atom. The van der Waals surface area contributed by atoms with Gasteiger partial charge in [-0.1, -0.05) is 96.1 Å². The largest absolute Gasteiger partial charge is 0.507 e. The maximum Gasteiger partial charge on any atom is 0.128 e. The molecule has 5 nitrogen and oxygen atoms in total. The summed E-state index contributed by atoms with van der Waals surface area (Å²) in [4.78, 5) is 12.2. The summed E-state index contributed by atoms with van der Waals surface area (Å²) in [6.07, 6.45) is 3.59. The molecule has 1 aliphatic heterocycles. The van der Waals surface area contributed by atoms with E-state index >= 15 is 0 Å². The number of aliphatic imine (C=N–C) groups is 2. The normalized spacial score (nSPS) is 19.1. The van der Waals surface area contributed by atoms with Gasteiger partial charge in [0, 0.05) is 43.2 Å². The number of phenols is 2. The van der Waals surface area contributed by atoms with E-state index in [4.69, 9.17) is 9.98 Å². The van der Waals surface area contributed by atoms with Gasteiger partial charge in [0.25, 0.3) is 0 Å². The van der Waals surface area contributed by atoms with E-state index < -0.39 is 0 Å². The van der Waals surface area contributed by atoms with E-state index in [9.17, 15) is 10.2 Å². The lowest BCUT2D eigenvalue weighted by molar-refractivity contribution is 0.324. The predicted octanol–water partition coefficient (Wildman–Crippen LogP) is 6.48. The zero-order valence-electron chi connectivity index (χ0n) is 23.5. The number of nitrogens with zero attached hydrogens (tertiary/aromatic N) is 3. The lowest BCUT2D eigenvalue weighted by atomic mass is 9.85. The van der Waals surface area contributed by atoms with E-state index in [1.165, 1.54) is 5.56 Å². The highest BCUT2D eigenvalue weighted by atomic mass is 16.3. The maximum absolute atomic E-state index is 10.9. The van der Waals surface area contributed by atoms with Crippen LogP contribution in [0.1, 0.15) is 69.4 Å². The van der Waals surface area contributed by atoms with Gasteiger partial charge in [-0.25, -0.2) is 0 Å². The van der Waals surface area contributed by atoms with Gasteiger partial charge < -0.3 is 10.2 Å². The summed E-state index contributed by atoms with van der Waals surface area (Å²) in [7, 11) is 0. The molecule has 0 amide bonds. The highest BCUT2D eigenvalue weighted by Gasteiger charge is 2.32. The van der Waals surface area contributed by atoms with E-state index in [1.54, 1.807) is 12.4 Å². The van der Waals surface area contributed by atoms with Crippen LogP contribution < -0.4 is 0 Å². The quantitative estimate of drug-likeness (QED) is 0.372. The van der Waals surface area contributed by atoms with Gasteiger partial charge in [-0.2, -0.15) is 0 Å². The van der Waals surface area contributed by atoms with Gasteiger partial charge in [0.15, 0.2) is 0 Å². The fourth-order valence-electron chi connectivity index (χ4n) is 5.00. The molecule has 5 heteroatoms. The van der Waals surface area contributed by atoms with Crippen molar-refractivity contribution >= 4 is 12.4 Å². The first-order chi connectivity index (χ1) is 17.9. The molecule has 0 spiro atoms. The van der Waals surface area contributed by atoms with Gasteiger partial charge in [0.1, 0.15) is 11.5 Å². The highest BCUT2D eigenvalue weighted by Crippen LogP contribution is 2.34. The minimum absolute atomic E-state index is 0.0689. The van der Waals surface area contributed by atoms with Crippen LogP contribution in [0.2, 0.25) is 0 Å². The molecule has 1 saturated heterocycles. The fraction of sp³-hybridized carbons (Fsp3) is 0.394. The molecule has 0 aromatic heterocycles. The molecular weight excluding hydrogens is 470 g/mol. The average Bonchev–Trinajstić information content (AvgIpc) is 3.23. The molecule has 1 heterocycles. The van der Waals surface area contributed by atoms with Crippen molar-refractivity contribution in [2.75, 3.05) is 13.1 Å². The Hall–Kier alpha value is -3.44.